The van der Waals surface area contributed by atoms with Crippen LogP contribution in [0.1, 0.15) is 31.1 Å². The van der Waals surface area contributed by atoms with Crippen LogP contribution >= 0.6 is 23.1 Å². The summed E-state index contributed by atoms with van der Waals surface area (Å²) in [5.74, 6) is -0.302. The van der Waals surface area contributed by atoms with Crippen LogP contribution in [0.25, 0.3) is 0 Å². The van der Waals surface area contributed by atoms with Crippen LogP contribution in [0.15, 0.2) is 28.6 Å². The quantitative estimate of drug-likeness (QED) is 0.567. The average Bonchev–Trinajstić information content (AvgIpc) is 3.00. The zero-order valence-corrected chi connectivity index (χ0v) is 16.8. The van der Waals surface area contributed by atoms with Crippen molar-refractivity contribution in [1.82, 2.24) is 10.2 Å². The minimum absolute atomic E-state index is 0.0134. The molecule has 0 aliphatic heterocycles. The Labute approximate surface area is 155 Å². The van der Waals surface area contributed by atoms with Gasteiger partial charge in [0.1, 0.15) is 0 Å². The molecule has 136 valence electrons. The molecular formula is C15H20N4O3S3. The lowest BCUT2D eigenvalue weighted by molar-refractivity contribution is 0.102. The highest BCUT2D eigenvalue weighted by Gasteiger charge is 2.17. The second-order valence-corrected chi connectivity index (χ2v) is 10.5. The molecule has 0 radical (unpaired) electrons. The van der Waals surface area contributed by atoms with Crippen molar-refractivity contribution in [2.75, 3.05) is 22.4 Å². The predicted octanol–water partition coefficient (Wildman–Crippen LogP) is 3.08. The molecule has 0 fully saturated rings. The third-order valence-corrected chi connectivity index (χ3v) is 6.94. The summed E-state index contributed by atoms with van der Waals surface area (Å²) < 4.78 is 25.7. The third kappa shape index (κ3) is 5.16. The summed E-state index contributed by atoms with van der Waals surface area (Å²) in [5, 5.41) is 11.5. The average molecular weight is 401 g/mol. The minimum atomic E-state index is -3.33. The van der Waals surface area contributed by atoms with Gasteiger partial charge in [0.25, 0.3) is 5.91 Å². The smallest absolute Gasteiger partial charge is 0.257 e. The molecule has 25 heavy (non-hydrogen) atoms. The number of aromatic nitrogens is 2. The number of carbonyl (C=O) groups excluding carboxylic acids is 1. The second-order valence-electron chi connectivity index (χ2n) is 5.41. The monoisotopic (exact) mass is 400 g/mol. The van der Waals surface area contributed by atoms with E-state index >= 15 is 0 Å². The molecule has 0 aliphatic carbocycles. The largest absolute Gasteiger partial charge is 0.296 e. The van der Waals surface area contributed by atoms with E-state index in [1.54, 1.807) is 43.0 Å². The molecule has 2 rings (SSSR count). The number of hydrogen-bond acceptors (Lipinski definition) is 7. The van der Waals surface area contributed by atoms with Crippen molar-refractivity contribution >= 4 is 49.8 Å². The molecule has 1 amide bonds. The van der Waals surface area contributed by atoms with Crippen LogP contribution in [0.5, 0.6) is 0 Å². The Morgan fingerprint density at radius 1 is 1.28 bits per heavy atom. The maximum Gasteiger partial charge on any atom is 0.257 e. The maximum absolute atomic E-state index is 12.3. The lowest BCUT2D eigenvalue weighted by Gasteiger charge is -2.18. The summed E-state index contributed by atoms with van der Waals surface area (Å²) in [4.78, 5) is 12.3. The van der Waals surface area contributed by atoms with Crippen molar-refractivity contribution in [2.45, 2.75) is 30.4 Å². The maximum atomic E-state index is 12.3. The van der Waals surface area contributed by atoms with Crippen molar-refractivity contribution in [3.63, 3.8) is 0 Å². The van der Waals surface area contributed by atoms with Crippen molar-refractivity contribution in [1.29, 1.82) is 0 Å². The Kier molecular flexibility index (Phi) is 6.42. The van der Waals surface area contributed by atoms with E-state index < -0.39 is 10.0 Å². The topological polar surface area (TPSA) is 92.3 Å². The highest BCUT2D eigenvalue weighted by Crippen LogP contribution is 2.28. The molecule has 0 aliphatic rings. The summed E-state index contributed by atoms with van der Waals surface area (Å²) in [6, 6.07) is 6.36. The second kappa shape index (κ2) is 8.15. The van der Waals surface area contributed by atoms with Crippen molar-refractivity contribution in [3.05, 3.63) is 29.8 Å². The standard InChI is InChI=1S/C15H20N4O3S3/c1-5-25(21,22)19(4)12-8-6-11(7-9-12)13(20)16-14-17-18-15(24-14)23-10(2)3/h6-10H,5H2,1-4H3,(H,16,17,20). The Hall–Kier alpha value is -1.65. The van der Waals surface area contributed by atoms with Gasteiger partial charge in [0.05, 0.1) is 11.4 Å². The number of amides is 1. The molecule has 1 aromatic carbocycles. The fraction of sp³-hybridized carbons (Fsp3) is 0.400. The highest BCUT2D eigenvalue weighted by atomic mass is 32.2. The first kappa shape index (κ1) is 19.7. The van der Waals surface area contributed by atoms with Gasteiger partial charge in [-0.3, -0.25) is 14.4 Å². The van der Waals surface area contributed by atoms with Gasteiger partial charge >= 0.3 is 0 Å². The van der Waals surface area contributed by atoms with Crippen molar-refractivity contribution in [2.24, 2.45) is 0 Å². The fourth-order valence-electron chi connectivity index (χ4n) is 1.86. The van der Waals surface area contributed by atoms with Crippen LogP contribution in [0, 0.1) is 0 Å². The molecule has 0 saturated carbocycles. The van der Waals surface area contributed by atoms with Gasteiger partial charge in [-0.05, 0) is 31.2 Å². The molecule has 10 heteroatoms. The van der Waals surface area contributed by atoms with E-state index in [2.05, 4.69) is 29.4 Å². The number of nitrogens with one attached hydrogen (secondary N) is 1. The van der Waals surface area contributed by atoms with E-state index in [1.807, 2.05) is 0 Å². The van der Waals surface area contributed by atoms with Gasteiger partial charge in [0, 0.05) is 17.9 Å². The van der Waals surface area contributed by atoms with Crippen LogP contribution in [0.3, 0.4) is 0 Å². The molecule has 0 spiro atoms. The molecule has 1 aromatic heterocycles. The normalized spacial score (nSPS) is 11.6. The fourth-order valence-corrected chi connectivity index (χ4v) is 4.66. The van der Waals surface area contributed by atoms with Crippen molar-refractivity contribution < 1.29 is 13.2 Å². The van der Waals surface area contributed by atoms with Gasteiger partial charge in [-0.2, -0.15) is 0 Å². The number of sulfonamides is 1. The predicted molar refractivity (Wildman–Crippen MR) is 103 cm³/mol. The first-order chi connectivity index (χ1) is 11.7. The Morgan fingerprint density at radius 2 is 1.92 bits per heavy atom. The number of carbonyl (C=O) groups is 1. The SMILES string of the molecule is CCS(=O)(=O)N(C)c1ccc(C(=O)Nc2nnc(SC(C)C)s2)cc1. The molecule has 0 bridgehead atoms. The van der Waals surface area contributed by atoms with Crippen molar-refractivity contribution in [3.8, 4) is 0 Å². The zero-order chi connectivity index (χ0) is 18.6. The lowest BCUT2D eigenvalue weighted by Crippen LogP contribution is -2.28. The highest BCUT2D eigenvalue weighted by molar-refractivity contribution is 8.01. The molecular weight excluding hydrogens is 380 g/mol. The molecule has 7 nitrogen and oxygen atoms in total. The Balaban J connectivity index is 2.06. The first-order valence-corrected chi connectivity index (χ1v) is 10.9. The van der Waals surface area contributed by atoms with E-state index in [9.17, 15) is 13.2 Å². The lowest BCUT2D eigenvalue weighted by atomic mass is 10.2. The molecule has 0 unspecified atom stereocenters. The van der Waals surface area contributed by atoms with Crippen LogP contribution in [0.2, 0.25) is 0 Å². The number of rotatable bonds is 7. The van der Waals surface area contributed by atoms with E-state index in [0.717, 1.165) is 4.34 Å². The summed E-state index contributed by atoms with van der Waals surface area (Å²) in [5.41, 5.74) is 0.921. The number of thioether (sulfide) groups is 1. The van der Waals surface area contributed by atoms with Gasteiger partial charge in [0.2, 0.25) is 15.2 Å². The first-order valence-electron chi connectivity index (χ1n) is 7.61. The zero-order valence-electron chi connectivity index (χ0n) is 14.4. The Morgan fingerprint density at radius 3 is 2.48 bits per heavy atom. The summed E-state index contributed by atoms with van der Waals surface area (Å²) >= 11 is 2.90. The van der Waals surface area contributed by atoms with Crippen LogP contribution in [0.4, 0.5) is 10.8 Å². The number of benzene rings is 1. The molecule has 1 N–H and O–H groups in total. The van der Waals surface area contributed by atoms with Gasteiger partial charge in [-0.15, -0.1) is 10.2 Å². The van der Waals surface area contributed by atoms with Gasteiger partial charge < -0.3 is 0 Å². The summed E-state index contributed by atoms with van der Waals surface area (Å²) in [7, 11) is -1.84. The Bertz CT molecular complexity index is 832. The van der Waals surface area contributed by atoms with E-state index in [-0.39, 0.29) is 11.7 Å². The van der Waals surface area contributed by atoms with Gasteiger partial charge in [0.15, 0.2) is 4.34 Å². The molecule has 2 aromatic rings. The number of anilines is 2. The summed E-state index contributed by atoms with van der Waals surface area (Å²) in [6.45, 7) is 5.70. The molecule has 0 saturated heterocycles. The van der Waals surface area contributed by atoms with Crippen LogP contribution in [-0.4, -0.2) is 42.6 Å². The van der Waals surface area contributed by atoms with Gasteiger partial charge in [-0.25, -0.2) is 8.42 Å². The minimum Gasteiger partial charge on any atom is -0.296 e. The van der Waals surface area contributed by atoms with E-state index in [4.69, 9.17) is 0 Å². The third-order valence-electron chi connectivity index (χ3n) is 3.24. The van der Waals surface area contributed by atoms with E-state index in [1.165, 1.54) is 22.7 Å². The molecule has 1 heterocycles. The molecule has 0 atom stereocenters. The van der Waals surface area contributed by atoms with E-state index in [0.29, 0.717) is 21.6 Å². The van der Waals surface area contributed by atoms with Crippen LogP contribution in [-0.2, 0) is 10.0 Å². The number of nitrogens with zero attached hydrogens (tertiary/aromatic N) is 3. The summed E-state index contributed by atoms with van der Waals surface area (Å²) in [6.07, 6.45) is 0. The number of hydrogen-bond donors (Lipinski definition) is 1. The van der Waals surface area contributed by atoms with Gasteiger partial charge in [-0.1, -0.05) is 36.9 Å². The van der Waals surface area contributed by atoms with Crippen LogP contribution < -0.4 is 9.62 Å².